The lowest BCUT2D eigenvalue weighted by molar-refractivity contribution is 0.0729. The molecule has 0 aromatic heterocycles. The highest BCUT2D eigenvalue weighted by Crippen LogP contribution is 2.24. The molecule has 2 saturated heterocycles. The standard InChI is InChI=1S/C18H25F2N3O2/c1-2-25-18(24)23-7-5-15(6-8-23)21-9-11-22(12-10-21)17-4-3-14(19)13-16(17)20/h3-4,13,15H,2,5-12H2,1H3. The van der Waals surface area contributed by atoms with Crippen LogP contribution in [-0.4, -0.2) is 67.8 Å². The first-order valence-corrected chi connectivity index (χ1v) is 8.94. The monoisotopic (exact) mass is 353 g/mol. The van der Waals surface area contributed by atoms with Crippen LogP contribution in [0.4, 0.5) is 19.3 Å². The van der Waals surface area contributed by atoms with Crippen LogP contribution >= 0.6 is 0 Å². The molecule has 0 atom stereocenters. The third kappa shape index (κ3) is 4.21. The second-order valence-corrected chi connectivity index (χ2v) is 6.54. The number of rotatable bonds is 3. The van der Waals surface area contributed by atoms with Gasteiger partial charge in [-0.15, -0.1) is 0 Å². The summed E-state index contributed by atoms with van der Waals surface area (Å²) in [7, 11) is 0. The molecule has 3 rings (SSSR count). The molecule has 2 aliphatic rings. The highest BCUT2D eigenvalue weighted by atomic mass is 19.1. The second-order valence-electron chi connectivity index (χ2n) is 6.54. The molecule has 0 N–H and O–H groups in total. The fraction of sp³-hybridized carbons (Fsp3) is 0.611. The molecule has 0 aliphatic carbocycles. The summed E-state index contributed by atoms with van der Waals surface area (Å²) in [6, 6.07) is 4.20. The molecule has 7 heteroatoms. The normalized spacial score (nSPS) is 20.0. The van der Waals surface area contributed by atoms with Gasteiger partial charge in [0.1, 0.15) is 11.6 Å². The largest absolute Gasteiger partial charge is 0.450 e. The Hall–Kier alpha value is -1.89. The molecule has 0 radical (unpaired) electrons. The second kappa shape index (κ2) is 7.99. The Bertz CT molecular complexity index is 598. The van der Waals surface area contributed by atoms with Gasteiger partial charge in [-0.3, -0.25) is 4.90 Å². The number of anilines is 1. The number of piperidine rings is 1. The van der Waals surface area contributed by atoms with Crippen LogP contribution < -0.4 is 4.90 Å². The van der Waals surface area contributed by atoms with Crippen LogP contribution in [0.2, 0.25) is 0 Å². The lowest BCUT2D eigenvalue weighted by atomic mass is 10.0. The van der Waals surface area contributed by atoms with Crippen molar-refractivity contribution < 1.29 is 18.3 Å². The zero-order valence-electron chi connectivity index (χ0n) is 14.6. The molecule has 2 heterocycles. The number of hydrogen-bond donors (Lipinski definition) is 0. The van der Waals surface area contributed by atoms with Gasteiger partial charge in [-0.1, -0.05) is 0 Å². The Balaban J connectivity index is 1.49. The number of benzene rings is 1. The summed E-state index contributed by atoms with van der Waals surface area (Å²) >= 11 is 0. The zero-order valence-corrected chi connectivity index (χ0v) is 14.6. The van der Waals surface area contributed by atoms with E-state index in [2.05, 4.69) is 4.90 Å². The first kappa shape index (κ1) is 17.9. The van der Waals surface area contributed by atoms with Crippen LogP contribution in [0.15, 0.2) is 18.2 Å². The number of likely N-dealkylation sites (tertiary alicyclic amines) is 1. The van der Waals surface area contributed by atoms with Crippen LogP contribution in [0.5, 0.6) is 0 Å². The Morgan fingerprint density at radius 2 is 1.80 bits per heavy atom. The predicted molar refractivity (Wildman–Crippen MR) is 91.8 cm³/mol. The fourth-order valence-electron chi connectivity index (χ4n) is 3.69. The van der Waals surface area contributed by atoms with E-state index >= 15 is 0 Å². The molecule has 1 amide bonds. The predicted octanol–water partition coefficient (Wildman–Crippen LogP) is 2.71. The van der Waals surface area contributed by atoms with E-state index in [1.165, 1.54) is 12.1 Å². The van der Waals surface area contributed by atoms with Crippen molar-refractivity contribution in [3.8, 4) is 0 Å². The van der Waals surface area contributed by atoms with Crippen molar-refractivity contribution in [2.24, 2.45) is 0 Å². The van der Waals surface area contributed by atoms with Gasteiger partial charge in [0, 0.05) is 51.4 Å². The van der Waals surface area contributed by atoms with Gasteiger partial charge >= 0.3 is 6.09 Å². The van der Waals surface area contributed by atoms with E-state index in [-0.39, 0.29) is 6.09 Å². The number of halogens is 2. The first-order chi connectivity index (χ1) is 12.1. The van der Waals surface area contributed by atoms with Gasteiger partial charge in [-0.2, -0.15) is 0 Å². The van der Waals surface area contributed by atoms with Gasteiger partial charge in [0.25, 0.3) is 0 Å². The molecule has 0 spiro atoms. The Morgan fingerprint density at radius 3 is 2.40 bits per heavy atom. The Kier molecular flexibility index (Phi) is 5.73. The third-order valence-corrected chi connectivity index (χ3v) is 5.07. The van der Waals surface area contributed by atoms with Gasteiger partial charge < -0.3 is 14.5 Å². The van der Waals surface area contributed by atoms with Crippen molar-refractivity contribution in [2.45, 2.75) is 25.8 Å². The van der Waals surface area contributed by atoms with Crippen LogP contribution in [0, 0.1) is 11.6 Å². The van der Waals surface area contributed by atoms with Gasteiger partial charge in [0.05, 0.1) is 12.3 Å². The van der Waals surface area contributed by atoms with Crippen LogP contribution in [0.3, 0.4) is 0 Å². The molecule has 25 heavy (non-hydrogen) atoms. The van der Waals surface area contributed by atoms with Crippen molar-refractivity contribution in [3.05, 3.63) is 29.8 Å². The lowest BCUT2D eigenvalue weighted by Gasteiger charge is -2.43. The molecule has 0 bridgehead atoms. The average molecular weight is 353 g/mol. The quantitative estimate of drug-likeness (QED) is 0.837. The first-order valence-electron chi connectivity index (χ1n) is 8.94. The van der Waals surface area contributed by atoms with Crippen LogP contribution in [-0.2, 0) is 4.74 Å². The number of nitrogens with zero attached hydrogens (tertiary/aromatic N) is 3. The Labute approximate surface area is 147 Å². The summed E-state index contributed by atoms with van der Waals surface area (Å²) in [4.78, 5) is 17.9. The number of carbonyl (C=O) groups excluding carboxylic acids is 1. The van der Waals surface area contributed by atoms with Gasteiger partial charge in [-0.25, -0.2) is 13.6 Å². The van der Waals surface area contributed by atoms with Crippen molar-refractivity contribution in [2.75, 3.05) is 50.8 Å². The van der Waals surface area contributed by atoms with E-state index in [1.54, 1.807) is 4.90 Å². The van der Waals surface area contributed by atoms with Gasteiger partial charge in [-0.05, 0) is 31.9 Å². The summed E-state index contributed by atoms with van der Waals surface area (Å²) in [6.45, 7) is 6.80. The minimum absolute atomic E-state index is 0.224. The Morgan fingerprint density at radius 1 is 1.12 bits per heavy atom. The number of amides is 1. The number of ether oxygens (including phenoxy) is 1. The topological polar surface area (TPSA) is 36.0 Å². The van der Waals surface area contributed by atoms with Crippen molar-refractivity contribution in [1.82, 2.24) is 9.80 Å². The van der Waals surface area contributed by atoms with Gasteiger partial charge in [0.15, 0.2) is 0 Å². The van der Waals surface area contributed by atoms with Crippen LogP contribution in [0.1, 0.15) is 19.8 Å². The van der Waals surface area contributed by atoms with Crippen molar-refractivity contribution in [1.29, 1.82) is 0 Å². The average Bonchev–Trinajstić information content (AvgIpc) is 2.62. The molecule has 138 valence electrons. The molecule has 1 aromatic rings. The van der Waals surface area contributed by atoms with E-state index in [0.717, 1.165) is 58.2 Å². The molecule has 0 unspecified atom stereocenters. The minimum atomic E-state index is -0.548. The van der Waals surface area contributed by atoms with E-state index in [9.17, 15) is 13.6 Å². The molecule has 2 aliphatic heterocycles. The van der Waals surface area contributed by atoms with E-state index in [1.807, 2.05) is 11.8 Å². The molecule has 0 saturated carbocycles. The van der Waals surface area contributed by atoms with Gasteiger partial charge in [0.2, 0.25) is 0 Å². The molecular formula is C18H25F2N3O2. The highest BCUT2D eigenvalue weighted by Gasteiger charge is 2.30. The SMILES string of the molecule is CCOC(=O)N1CCC(N2CCN(c3ccc(F)cc3F)CC2)CC1. The van der Waals surface area contributed by atoms with E-state index in [0.29, 0.717) is 18.3 Å². The number of piperazine rings is 1. The maximum atomic E-state index is 13.9. The van der Waals surface area contributed by atoms with Crippen LogP contribution in [0.25, 0.3) is 0 Å². The highest BCUT2D eigenvalue weighted by molar-refractivity contribution is 5.67. The number of carbonyl (C=O) groups is 1. The summed E-state index contributed by atoms with van der Waals surface area (Å²) < 4.78 is 32.0. The fourth-order valence-corrected chi connectivity index (χ4v) is 3.69. The number of hydrogen-bond acceptors (Lipinski definition) is 4. The molecule has 5 nitrogen and oxygen atoms in total. The third-order valence-electron chi connectivity index (χ3n) is 5.07. The maximum absolute atomic E-state index is 13.9. The lowest BCUT2D eigenvalue weighted by Crippen LogP contribution is -2.54. The molecule has 1 aromatic carbocycles. The molecular weight excluding hydrogens is 328 g/mol. The van der Waals surface area contributed by atoms with Crippen molar-refractivity contribution >= 4 is 11.8 Å². The zero-order chi connectivity index (χ0) is 17.8. The minimum Gasteiger partial charge on any atom is -0.450 e. The smallest absolute Gasteiger partial charge is 0.409 e. The summed E-state index contributed by atoms with van der Waals surface area (Å²) in [6.07, 6.45) is 1.64. The molecule has 2 fully saturated rings. The summed E-state index contributed by atoms with van der Waals surface area (Å²) in [5, 5.41) is 0. The van der Waals surface area contributed by atoms with Crippen molar-refractivity contribution in [3.63, 3.8) is 0 Å². The maximum Gasteiger partial charge on any atom is 0.409 e. The summed E-state index contributed by atoms with van der Waals surface area (Å²) in [5.41, 5.74) is 0.471. The van der Waals surface area contributed by atoms with E-state index in [4.69, 9.17) is 4.74 Å². The van der Waals surface area contributed by atoms with E-state index < -0.39 is 11.6 Å². The summed E-state index contributed by atoms with van der Waals surface area (Å²) in [5.74, 6) is -1.05.